The summed E-state index contributed by atoms with van der Waals surface area (Å²) in [6.07, 6.45) is 4.74. The van der Waals surface area contributed by atoms with Gasteiger partial charge in [0, 0.05) is 24.7 Å². The molecule has 2 aliphatic carbocycles. The van der Waals surface area contributed by atoms with Gasteiger partial charge in [0.25, 0.3) is 5.91 Å². The molecule has 1 aromatic heterocycles. The summed E-state index contributed by atoms with van der Waals surface area (Å²) in [5.41, 5.74) is 1.53. The molecule has 1 aliphatic heterocycles. The number of aliphatic carboxylic acids is 1. The van der Waals surface area contributed by atoms with Crippen LogP contribution in [0, 0.1) is 11.3 Å². The molecule has 3 aliphatic rings. The zero-order valence-electron chi connectivity index (χ0n) is 11.8. The first-order valence-electron chi connectivity index (χ1n) is 7.66. The molecule has 1 unspecified atom stereocenters. The van der Waals surface area contributed by atoms with Gasteiger partial charge in [0.15, 0.2) is 0 Å². The van der Waals surface area contributed by atoms with Crippen LogP contribution < -0.4 is 0 Å². The maximum atomic E-state index is 12.4. The van der Waals surface area contributed by atoms with Crippen LogP contribution in [0.15, 0.2) is 6.07 Å². The largest absolute Gasteiger partial charge is 0.481 e. The van der Waals surface area contributed by atoms with Gasteiger partial charge in [0.2, 0.25) is 0 Å². The third-order valence-electron chi connectivity index (χ3n) is 5.37. The number of aromatic amines is 1. The summed E-state index contributed by atoms with van der Waals surface area (Å²) >= 11 is 0. The second kappa shape index (κ2) is 4.32. The van der Waals surface area contributed by atoms with E-state index in [1.54, 1.807) is 0 Å². The van der Waals surface area contributed by atoms with E-state index in [2.05, 4.69) is 10.2 Å². The Kier molecular flexibility index (Phi) is 2.65. The van der Waals surface area contributed by atoms with Crippen molar-refractivity contribution in [2.24, 2.45) is 11.3 Å². The average molecular weight is 289 g/mol. The van der Waals surface area contributed by atoms with Crippen molar-refractivity contribution < 1.29 is 14.7 Å². The van der Waals surface area contributed by atoms with E-state index in [1.807, 2.05) is 11.0 Å². The second-order valence-electron chi connectivity index (χ2n) is 6.73. The van der Waals surface area contributed by atoms with Crippen LogP contribution in [0.3, 0.4) is 0 Å². The highest BCUT2D eigenvalue weighted by Crippen LogP contribution is 2.59. The first-order chi connectivity index (χ1) is 10.1. The van der Waals surface area contributed by atoms with Crippen molar-refractivity contribution in [1.29, 1.82) is 0 Å². The lowest BCUT2D eigenvalue weighted by atomic mass is 9.90. The zero-order chi connectivity index (χ0) is 14.6. The number of hydrogen-bond acceptors (Lipinski definition) is 3. The van der Waals surface area contributed by atoms with Crippen molar-refractivity contribution in [3.63, 3.8) is 0 Å². The van der Waals surface area contributed by atoms with Gasteiger partial charge in [-0.05, 0) is 43.6 Å². The summed E-state index contributed by atoms with van der Waals surface area (Å²) in [5, 5.41) is 16.2. The fraction of sp³-hybridized carbons (Fsp3) is 0.667. The molecule has 1 saturated heterocycles. The number of carbonyl (C=O) groups excluding carboxylic acids is 1. The number of carboxylic acids is 1. The molecule has 0 bridgehead atoms. The second-order valence-corrected chi connectivity index (χ2v) is 6.73. The summed E-state index contributed by atoms with van der Waals surface area (Å²) in [4.78, 5) is 25.3. The maximum Gasteiger partial charge on any atom is 0.307 e. The molecular formula is C15H19N3O3. The van der Waals surface area contributed by atoms with Gasteiger partial charge in [-0.3, -0.25) is 14.7 Å². The number of aromatic nitrogens is 2. The Morgan fingerprint density at radius 3 is 2.62 bits per heavy atom. The first kappa shape index (κ1) is 12.9. The topological polar surface area (TPSA) is 86.3 Å². The van der Waals surface area contributed by atoms with Gasteiger partial charge in [0.05, 0.1) is 5.92 Å². The van der Waals surface area contributed by atoms with Crippen LogP contribution in [0.5, 0.6) is 0 Å². The fourth-order valence-corrected chi connectivity index (χ4v) is 3.62. The zero-order valence-corrected chi connectivity index (χ0v) is 11.8. The highest BCUT2D eigenvalue weighted by Gasteiger charge is 2.59. The monoisotopic (exact) mass is 289 g/mol. The van der Waals surface area contributed by atoms with Crippen LogP contribution in [0.25, 0.3) is 0 Å². The molecule has 4 rings (SSSR count). The predicted octanol–water partition coefficient (Wildman–Crippen LogP) is 1.61. The molecule has 1 amide bonds. The van der Waals surface area contributed by atoms with Crippen molar-refractivity contribution in [2.75, 3.05) is 13.1 Å². The minimum Gasteiger partial charge on any atom is -0.481 e. The van der Waals surface area contributed by atoms with Gasteiger partial charge in [-0.25, -0.2) is 0 Å². The number of H-pyrrole nitrogens is 1. The fourth-order valence-electron chi connectivity index (χ4n) is 3.62. The molecule has 0 aromatic carbocycles. The number of nitrogens with zero attached hydrogens (tertiary/aromatic N) is 2. The smallest absolute Gasteiger partial charge is 0.307 e. The first-order valence-corrected chi connectivity index (χ1v) is 7.66. The van der Waals surface area contributed by atoms with E-state index in [1.165, 1.54) is 12.8 Å². The Morgan fingerprint density at radius 2 is 2.05 bits per heavy atom. The van der Waals surface area contributed by atoms with Crippen molar-refractivity contribution in [3.8, 4) is 0 Å². The van der Waals surface area contributed by atoms with Gasteiger partial charge in [0.1, 0.15) is 5.69 Å². The Hall–Kier alpha value is -1.85. The van der Waals surface area contributed by atoms with Crippen LogP contribution >= 0.6 is 0 Å². The van der Waals surface area contributed by atoms with Crippen LogP contribution in [0.1, 0.15) is 54.2 Å². The van der Waals surface area contributed by atoms with Gasteiger partial charge < -0.3 is 10.0 Å². The number of piperidine rings is 1. The summed E-state index contributed by atoms with van der Waals surface area (Å²) in [5.74, 6) is -0.343. The van der Waals surface area contributed by atoms with Gasteiger partial charge >= 0.3 is 5.97 Å². The van der Waals surface area contributed by atoms with Gasteiger partial charge in [-0.1, -0.05) is 0 Å². The number of carbonyl (C=O) groups is 2. The molecular weight excluding hydrogens is 270 g/mol. The molecule has 21 heavy (non-hydrogen) atoms. The van der Waals surface area contributed by atoms with Crippen molar-refractivity contribution in [1.82, 2.24) is 15.1 Å². The van der Waals surface area contributed by atoms with Crippen LogP contribution in [-0.4, -0.2) is 45.2 Å². The Bertz CT molecular complexity index is 597. The molecule has 1 spiro atoms. The molecule has 2 heterocycles. The number of amides is 1. The van der Waals surface area contributed by atoms with E-state index in [0.717, 1.165) is 25.0 Å². The molecule has 1 atom stereocenters. The Labute approximate surface area is 122 Å². The standard InChI is InChI=1S/C15H19N3O3/c19-13(12-7-11(16-17-12)9-1-2-9)18-5-3-15(4-6-18)8-10(15)14(20)21/h7,9-10H,1-6,8H2,(H,16,17)(H,20,21). The molecule has 112 valence electrons. The van der Waals surface area contributed by atoms with Crippen LogP contribution in [0.4, 0.5) is 0 Å². The Balaban J connectivity index is 1.39. The highest BCUT2D eigenvalue weighted by atomic mass is 16.4. The summed E-state index contributed by atoms with van der Waals surface area (Å²) in [6, 6.07) is 1.88. The van der Waals surface area contributed by atoms with E-state index >= 15 is 0 Å². The third-order valence-corrected chi connectivity index (χ3v) is 5.37. The lowest BCUT2D eigenvalue weighted by Gasteiger charge is -2.32. The number of likely N-dealkylation sites (tertiary alicyclic amines) is 1. The van der Waals surface area contributed by atoms with Crippen LogP contribution in [-0.2, 0) is 4.79 Å². The summed E-state index contributed by atoms with van der Waals surface area (Å²) in [6.45, 7) is 1.29. The molecule has 2 saturated carbocycles. The summed E-state index contributed by atoms with van der Waals surface area (Å²) < 4.78 is 0. The average Bonchev–Trinajstić information content (AvgIpc) is 3.39. The molecule has 6 nitrogen and oxygen atoms in total. The van der Waals surface area contributed by atoms with E-state index < -0.39 is 5.97 Å². The highest BCUT2D eigenvalue weighted by molar-refractivity contribution is 5.92. The van der Waals surface area contributed by atoms with E-state index in [0.29, 0.717) is 24.7 Å². The summed E-state index contributed by atoms with van der Waals surface area (Å²) in [7, 11) is 0. The van der Waals surface area contributed by atoms with E-state index in [9.17, 15) is 9.59 Å². The molecule has 0 radical (unpaired) electrons. The van der Waals surface area contributed by atoms with Crippen molar-refractivity contribution in [3.05, 3.63) is 17.5 Å². The number of nitrogens with one attached hydrogen (secondary N) is 1. The molecule has 6 heteroatoms. The molecule has 1 aromatic rings. The molecule has 2 N–H and O–H groups in total. The lowest BCUT2D eigenvalue weighted by Crippen LogP contribution is -2.40. The van der Waals surface area contributed by atoms with Crippen LogP contribution in [0.2, 0.25) is 0 Å². The molecule has 3 fully saturated rings. The predicted molar refractivity (Wildman–Crippen MR) is 73.9 cm³/mol. The number of hydrogen-bond donors (Lipinski definition) is 2. The third kappa shape index (κ3) is 2.13. The minimum absolute atomic E-state index is 0.0273. The lowest BCUT2D eigenvalue weighted by molar-refractivity contribution is -0.139. The van der Waals surface area contributed by atoms with E-state index in [-0.39, 0.29) is 17.2 Å². The quantitative estimate of drug-likeness (QED) is 0.885. The van der Waals surface area contributed by atoms with E-state index in [4.69, 9.17) is 5.11 Å². The maximum absolute atomic E-state index is 12.4. The SMILES string of the molecule is O=C(O)C1CC12CCN(C(=O)c1cc(C3CC3)[nH]n1)CC2. The van der Waals surface area contributed by atoms with Gasteiger partial charge in [-0.2, -0.15) is 5.10 Å². The number of carboxylic acid groups (broad SMARTS) is 1. The normalized spacial score (nSPS) is 26.9. The number of rotatable bonds is 3. The van der Waals surface area contributed by atoms with Crippen molar-refractivity contribution in [2.45, 2.75) is 38.0 Å². The van der Waals surface area contributed by atoms with Gasteiger partial charge in [-0.15, -0.1) is 0 Å². The van der Waals surface area contributed by atoms with Crippen molar-refractivity contribution >= 4 is 11.9 Å². The minimum atomic E-state index is -0.684. The Morgan fingerprint density at radius 1 is 1.33 bits per heavy atom.